The maximum absolute atomic E-state index is 10.9. The van der Waals surface area contributed by atoms with Crippen LogP contribution in [0, 0.1) is 5.41 Å². The molecule has 0 saturated heterocycles. The normalized spacial score (nSPS) is 32.0. The number of hydrogen-bond donors (Lipinski definition) is 2. The Morgan fingerprint density at radius 1 is 1.64 bits per heavy atom. The maximum atomic E-state index is 10.9. The average Bonchev–Trinajstić information content (AvgIpc) is 2.10. The van der Waals surface area contributed by atoms with Gasteiger partial charge in [-0.2, -0.15) is 0 Å². The lowest BCUT2D eigenvalue weighted by molar-refractivity contribution is -0.124. The smallest absolute Gasteiger partial charge is 0.234 e. The number of ether oxygens (including phenoxy) is 1. The van der Waals surface area contributed by atoms with Gasteiger partial charge in [-0.05, 0) is 13.3 Å². The summed E-state index contributed by atoms with van der Waals surface area (Å²) >= 11 is 0. The minimum absolute atomic E-state index is 0.0818. The van der Waals surface area contributed by atoms with Crippen LogP contribution in [-0.2, 0) is 9.53 Å². The molecule has 0 spiro atoms. The van der Waals surface area contributed by atoms with Crippen LogP contribution in [0.4, 0.5) is 0 Å². The summed E-state index contributed by atoms with van der Waals surface area (Å²) in [5.74, 6) is -0.304. The van der Waals surface area contributed by atoms with E-state index in [1.54, 1.807) is 14.0 Å². The Labute approximate surface area is 85.2 Å². The molecule has 82 valence electrons. The van der Waals surface area contributed by atoms with Crippen molar-refractivity contribution in [3.63, 3.8) is 0 Å². The number of carbonyl (C=O) groups is 1. The van der Waals surface area contributed by atoms with Crippen LogP contribution in [0.3, 0.4) is 0 Å². The second-order valence-electron chi connectivity index (χ2n) is 4.62. The monoisotopic (exact) mass is 200 g/mol. The lowest BCUT2D eigenvalue weighted by atomic mass is 9.64. The third-order valence-electron chi connectivity index (χ3n) is 3.34. The van der Waals surface area contributed by atoms with Gasteiger partial charge in [-0.25, -0.2) is 0 Å². The van der Waals surface area contributed by atoms with E-state index in [2.05, 4.69) is 19.2 Å². The maximum Gasteiger partial charge on any atom is 0.234 e. The first-order chi connectivity index (χ1) is 6.39. The number of carbonyl (C=O) groups excluding carboxylic acids is 1. The summed E-state index contributed by atoms with van der Waals surface area (Å²) in [6.45, 7) is 6.06. The number of nitrogens with one attached hydrogen (secondary N) is 1. The van der Waals surface area contributed by atoms with Gasteiger partial charge in [0, 0.05) is 18.6 Å². The van der Waals surface area contributed by atoms with E-state index in [1.165, 1.54) is 0 Å². The Kier molecular flexibility index (Phi) is 3.17. The highest BCUT2D eigenvalue weighted by molar-refractivity contribution is 5.79. The predicted molar refractivity (Wildman–Crippen MR) is 54.8 cm³/mol. The van der Waals surface area contributed by atoms with Crippen LogP contribution in [0.2, 0.25) is 0 Å². The number of nitrogens with two attached hydrogens (primary N) is 1. The number of rotatable bonds is 4. The molecule has 0 radical (unpaired) electrons. The van der Waals surface area contributed by atoms with Crippen LogP contribution in [0.25, 0.3) is 0 Å². The van der Waals surface area contributed by atoms with Gasteiger partial charge >= 0.3 is 0 Å². The molecule has 3 atom stereocenters. The van der Waals surface area contributed by atoms with E-state index in [1.807, 2.05) is 0 Å². The molecule has 4 heteroatoms. The second-order valence-corrected chi connectivity index (χ2v) is 4.62. The Morgan fingerprint density at radius 2 is 2.21 bits per heavy atom. The van der Waals surface area contributed by atoms with Crippen molar-refractivity contribution in [2.75, 3.05) is 7.11 Å². The highest BCUT2D eigenvalue weighted by atomic mass is 16.5. The Hall–Kier alpha value is -0.610. The molecule has 1 fully saturated rings. The van der Waals surface area contributed by atoms with Gasteiger partial charge in [0.1, 0.15) is 0 Å². The molecule has 1 aliphatic carbocycles. The van der Waals surface area contributed by atoms with E-state index < -0.39 is 0 Å². The second kappa shape index (κ2) is 3.87. The van der Waals surface area contributed by atoms with Gasteiger partial charge in [0.05, 0.1) is 12.1 Å². The first-order valence-electron chi connectivity index (χ1n) is 4.97. The van der Waals surface area contributed by atoms with Gasteiger partial charge in [0.15, 0.2) is 0 Å². The first-order valence-corrected chi connectivity index (χ1v) is 4.97. The van der Waals surface area contributed by atoms with Crippen molar-refractivity contribution in [3.05, 3.63) is 0 Å². The molecule has 0 aliphatic heterocycles. The van der Waals surface area contributed by atoms with E-state index in [4.69, 9.17) is 10.5 Å². The van der Waals surface area contributed by atoms with Crippen molar-refractivity contribution in [1.82, 2.24) is 5.32 Å². The van der Waals surface area contributed by atoms with Crippen molar-refractivity contribution < 1.29 is 9.53 Å². The standard InChI is InChI=1S/C10H20N2O2/c1-6(9(11)13)12-7-5-8(14-4)10(7,2)3/h6-8,12H,5H2,1-4H3,(H2,11,13). The van der Waals surface area contributed by atoms with E-state index in [-0.39, 0.29) is 23.5 Å². The van der Waals surface area contributed by atoms with Crippen molar-refractivity contribution in [1.29, 1.82) is 0 Å². The number of primary amides is 1. The molecule has 1 rings (SSSR count). The van der Waals surface area contributed by atoms with E-state index in [0.29, 0.717) is 6.04 Å². The fraction of sp³-hybridized carbons (Fsp3) is 0.900. The van der Waals surface area contributed by atoms with Gasteiger partial charge in [-0.1, -0.05) is 13.8 Å². The van der Waals surface area contributed by atoms with Crippen molar-refractivity contribution in [2.24, 2.45) is 11.1 Å². The van der Waals surface area contributed by atoms with Gasteiger partial charge in [-0.3, -0.25) is 4.79 Å². The lowest BCUT2D eigenvalue weighted by Crippen LogP contribution is -2.63. The number of amides is 1. The molecule has 3 N–H and O–H groups in total. The minimum atomic E-state index is -0.304. The lowest BCUT2D eigenvalue weighted by Gasteiger charge is -2.52. The molecule has 0 aromatic rings. The summed E-state index contributed by atoms with van der Waals surface area (Å²) in [6.07, 6.45) is 1.22. The fourth-order valence-electron chi connectivity index (χ4n) is 1.95. The SMILES string of the molecule is COC1CC(NC(C)C(N)=O)C1(C)C. The number of hydrogen-bond acceptors (Lipinski definition) is 3. The quantitative estimate of drug-likeness (QED) is 0.684. The molecule has 4 nitrogen and oxygen atoms in total. The molecule has 0 aromatic heterocycles. The summed E-state index contributed by atoms with van der Waals surface area (Å²) in [7, 11) is 1.72. The van der Waals surface area contributed by atoms with Gasteiger partial charge in [0.25, 0.3) is 0 Å². The van der Waals surface area contributed by atoms with Crippen molar-refractivity contribution >= 4 is 5.91 Å². The van der Waals surface area contributed by atoms with Crippen molar-refractivity contribution in [2.45, 2.75) is 45.4 Å². The summed E-state index contributed by atoms with van der Waals surface area (Å²) in [5.41, 5.74) is 5.27. The summed E-state index contributed by atoms with van der Waals surface area (Å²) < 4.78 is 5.32. The molecule has 1 aliphatic rings. The van der Waals surface area contributed by atoms with E-state index >= 15 is 0 Å². The van der Waals surface area contributed by atoms with Gasteiger partial charge in [0.2, 0.25) is 5.91 Å². The molecular weight excluding hydrogens is 180 g/mol. The highest BCUT2D eigenvalue weighted by Gasteiger charge is 2.48. The van der Waals surface area contributed by atoms with Crippen LogP contribution in [0.15, 0.2) is 0 Å². The molecule has 1 amide bonds. The van der Waals surface area contributed by atoms with Gasteiger partial charge in [-0.15, -0.1) is 0 Å². The Morgan fingerprint density at radius 3 is 2.57 bits per heavy atom. The van der Waals surface area contributed by atoms with Crippen LogP contribution in [0.1, 0.15) is 27.2 Å². The molecule has 1 saturated carbocycles. The molecule has 0 bridgehead atoms. The Bertz CT molecular complexity index is 228. The molecule has 3 unspecified atom stereocenters. The van der Waals surface area contributed by atoms with Crippen LogP contribution >= 0.6 is 0 Å². The van der Waals surface area contributed by atoms with E-state index in [9.17, 15) is 4.79 Å². The molecular formula is C10H20N2O2. The zero-order valence-electron chi connectivity index (χ0n) is 9.33. The first kappa shape index (κ1) is 11.5. The molecule has 14 heavy (non-hydrogen) atoms. The third-order valence-corrected chi connectivity index (χ3v) is 3.34. The van der Waals surface area contributed by atoms with Crippen LogP contribution in [-0.4, -0.2) is 31.2 Å². The molecule has 0 heterocycles. The fourth-order valence-corrected chi connectivity index (χ4v) is 1.95. The molecule has 0 aromatic carbocycles. The van der Waals surface area contributed by atoms with Gasteiger partial charge < -0.3 is 15.8 Å². The zero-order valence-corrected chi connectivity index (χ0v) is 9.33. The third kappa shape index (κ3) is 1.91. The average molecular weight is 200 g/mol. The van der Waals surface area contributed by atoms with Crippen LogP contribution < -0.4 is 11.1 Å². The minimum Gasteiger partial charge on any atom is -0.381 e. The van der Waals surface area contributed by atoms with Crippen LogP contribution in [0.5, 0.6) is 0 Å². The zero-order chi connectivity index (χ0) is 10.9. The van der Waals surface area contributed by atoms with Crippen molar-refractivity contribution in [3.8, 4) is 0 Å². The number of methoxy groups -OCH3 is 1. The Balaban J connectivity index is 2.46. The largest absolute Gasteiger partial charge is 0.381 e. The predicted octanol–water partition coefficient (Wildman–Crippen LogP) is 0.263. The summed E-state index contributed by atoms with van der Waals surface area (Å²) in [6, 6.07) is 0.0482. The highest BCUT2D eigenvalue weighted by Crippen LogP contribution is 2.42. The topological polar surface area (TPSA) is 64.3 Å². The summed E-state index contributed by atoms with van der Waals surface area (Å²) in [5, 5.41) is 3.22. The van der Waals surface area contributed by atoms with E-state index in [0.717, 1.165) is 6.42 Å². The summed E-state index contributed by atoms with van der Waals surface area (Å²) in [4.78, 5) is 10.9.